The Hall–Kier alpha value is -2.53. The van der Waals surface area contributed by atoms with Crippen molar-refractivity contribution >= 4 is 34.0 Å². The van der Waals surface area contributed by atoms with E-state index in [0.29, 0.717) is 42.7 Å². The number of rotatable bonds is 7. The molecule has 10 heteroatoms. The second-order valence-corrected chi connectivity index (χ2v) is 11.3. The predicted octanol–water partition coefficient (Wildman–Crippen LogP) is 3.37. The van der Waals surface area contributed by atoms with Crippen molar-refractivity contribution in [2.45, 2.75) is 51.8 Å². The summed E-state index contributed by atoms with van der Waals surface area (Å²) in [6.07, 6.45) is 2.91. The molecule has 3 aliphatic heterocycles. The van der Waals surface area contributed by atoms with Gasteiger partial charge in [0.15, 0.2) is 5.13 Å². The Morgan fingerprint density at radius 3 is 2.68 bits per heavy atom. The number of carbonyl (C=O) groups is 2. The van der Waals surface area contributed by atoms with Gasteiger partial charge in [0.25, 0.3) is 11.8 Å². The van der Waals surface area contributed by atoms with Gasteiger partial charge in [0.2, 0.25) is 0 Å². The third-order valence-corrected chi connectivity index (χ3v) is 8.19. The summed E-state index contributed by atoms with van der Waals surface area (Å²) < 4.78 is 11.1. The zero-order chi connectivity index (χ0) is 25.8. The molecule has 2 aromatic rings. The third-order valence-electron chi connectivity index (χ3n) is 7.28. The number of hydrogen-bond acceptors (Lipinski definition) is 8. The van der Waals surface area contributed by atoms with Crippen molar-refractivity contribution in [2.24, 2.45) is 5.92 Å². The van der Waals surface area contributed by atoms with Crippen LogP contribution in [-0.4, -0.2) is 79.8 Å². The molecule has 3 aliphatic rings. The molecule has 2 amide bonds. The molecule has 37 heavy (non-hydrogen) atoms. The molecule has 0 spiro atoms. The van der Waals surface area contributed by atoms with Crippen molar-refractivity contribution in [1.82, 2.24) is 15.2 Å². The summed E-state index contributed by atoms with van der Waals surface area (Å²) in [6.45, 7) is 10.7. The second kappa shape index (κ2) is 11.9. The highest BCUT2D eigenvalue weighted by Gasteiger charge is 2.25. The number of nitrogens with zero attached hydrogens (tertiary/aromatic N) is 3. The maximum Gasteiger partial charge on any atom is 0.275 e. The Morgan fingerprint density at radius 2 is 1.92 bits per heavy atom. The van der Waals surface area contributed by atoms with Crippen LogP contribution in [0.25, 0.3) is 0 Å². The van der Waals surface area contributed by atoms with Crippen molar-refractivity contribution in [3.63, 3.8) is 0 Å². The van der Waals surface area contributed by atoms with Crippen LogP contribution in [0.5, 0.6) is 0 Å². The number of aromatic nitrogens is 1. The molecular weight excluding hydrogens is 490 g/mol. The highest BCUT2D eigenvalue weighted by atomic mass is 32.1. The number of hydrogen-bond donors (Lipinski definition) is 2. The number of nitrogens with one attached hydrogen (secondary N) is 2. The summed E-state index contributed by atoms with van der Waals surface area (Å²) in [5, 5.41) is 8.78. The Balaban J connectivity index is 1.33. The van der Waals surface area contributed by atoms with Crippen molar-refractivity contribution in [1.29, 1.82) is 0 Å². The minimum Gasteiger partial charge on any atom is -0.381 e. The third kappa shape index (κ3) is 6.67. The lowest BCUT2D eigenvalue weighted by Crippen LogP contribution is -2.40. The molecule has 2 atom stereocenters. The number of morpholine rings is 1. The first-order chi connectivity index (χ1) is 17.9. The molecule has 0 saturated carbocycles. The molecule has 0 unspecified atom stereocenters. The number of amides is 2. The van der Waals surface area contributed by atoms with Crippen molar-refractivity contribution in [3.05, 3.63) is 40.4 Å². The maximum absolute atomic E-state index is 13.4. The first-order valence-corrected chi connectivity index (χ1v) is 14.2. The van der Waals surface area contributed by atoms with Crippen LogP contribution in [0.2, 0.25) is 0 Å². The van der Waals surface area contributed by atoms with Crippen LogP contribution in [0.15, 0.2) is 23.6 Å². The first kappa shape index (κ1) is 26.1. The Labute approximate surface area is 222 Å². The van der Waals surface area contributed by atoms with Crippen LogP contribution in [0.1, 0.15) is 59.5 Å². The van der Waals surface area contributed by atoms with Gasteiger partial charge >= 0.3 is 0 Å². The molecule has 1 aromatic heterocycles. The summed E-state index contributed by atoms with van der Waals surface area (Å²) in [6, 6.07) is 5.80. The average molecular weight is 528 g/mol. The van der Waals surface area contributed by atoms with E-state index < -0.39 is 0 Å². The van der Waals surface area contributed by atoms with Gasteiger partial charge in [0.05, 0.1) is 24.0 Å². The Kier molecular flexibility index (Phi) is 8.39. The van der Waals surface area contributed by atoms with Crippen LogP contribution in [0.3, 0.4) is 0 Å². The van der Waals surface area contributed by atoms with Gasteiger partial charge in [0.1, 0.15) is 5.69 Å². The molecule has 4 heterocycles. The van der Waals surface area contributed by atoms with E-state index in [9.17, 15) is 9.59 Å². The van der Waals surface area contributed by atoms with Gasteiger partial charge in [-0.15, -0.1) is 11.3 Å². The predicted molar refractivity (Wildman–Crippen MR) is 145 cm³/mol. The Bertz CT molecular complexity index is 1100. The standard InChI is InChI=1S/C27H37N5O4S/c1-18-5-8-32(14-18)27-30-24(17-37-27)26(34)29-23-4-3-20(16-31-9-12-36-19(2)15-31)13-22(23)25(33)28-21-6-10-35-11-7-21/h3-4,13,17-19,21H,5-12,14-16H2,1-2H3,(H,28,33)(H,29,34)/t18-,19-/m0/s1. The molecule has 9 nitrogen and oxygen atoms in total. The fourth-order valence-electron chi connectivity index (χ4n) is 5.19. The minimum absolute atomic E-state index is 0.0671. The van der Waals surface area contributed by atoms with Gasteiger partial charge in [-0.3, -0.25) is 14.5 Å². The van der Waals surface area contributed by atoms with Gasteiger partial charge in [-0.05, 0) is 49.8 Å². The molecule has 3 fully saturated rings. The minimum atomic E-state index is -0.301. The average Bonchev–Trinajstić information content (AvgIpc) is 3.55. The highest BCUT2D eigenvalue weighted by Crippen LogP contribution is 2.28. The number of carbonyl (C=O) groups excluding carboxylic acids is 2. The molecule has 0 radical (unpaired) electrons. The topological polar surface area (TPSA) is 96.0 Å². The van der Waals surface area contributed by atoms with Crippen LogP contribution >= 0.6 is 11.3 Å². The molecule has 2 N–H and O–H groups in total. The van der Waals surface area contributed by atoms with E-state index in [4.69, 9.17) is 9.47 Å². The summed E-state index contributed by atoms with van der Waals surface area (Å²) in [5.41, 5.74) is 2.38. The van der Waals surface area contributed by atoms with Crippen molar-refractivity contribution in [2.75, 3.05) is 56.2 Å². The van der Waals surface area contributed by atoms with Crippen molar-refractivity contribution < 1.29 is 19.1 Å². The van der Waals surface area contributed by atoms with Crippen LogP contribution in [-0.2, 0) is 16.0 Å². The van der Waals surface area contributed by atoms with E-state index in [1.807, 2.05) is 18.2 Å². The summed E-state index contributed by atoms with van der Waals surface area (Å²) in [4.78, 5) is 35.7. The molecule has 0 bridgehead atoms. The summed E-state index contributed by atoms with van der Waals surface area (Å²) >= 11 is 1.49. The van der Waals surface area contributed by atoms with Gasteiger partial charge in [0, 0.05) is 57.4 Å². The van der Waals surface area contributed by atoms with Gasteiger partial charge in [-0.1, -0.05) is 13.0 Å². The smallest absolute Gasteiger partial charge is 0.275 e. The first-order valence-electron chi connectivity index (χ1n) is 13.3. The molecule has 3 saturated heterocycles. The lowest BCUT2D eigenvalue weighted by Gasteiger charge is -2.31. The number of benzene rings is 1. The lowest BCUT2D eigenvalue weighted by atomic mass is 10.0. The summed E-state index contributed by atoms with van der Waals surface area (Å²) in [5.74, 6) is 0.159. The van der Waals surface area contributed by atoms with E-state index in [2.05, 4.69) is 39.3 Å². The molecule has 5 rings (SSSR count). The van der Waals surface area contributed by atoms with Crippen LogP contribution in [0, 0.1) is 5.92 Å². The van der Waals surface area contributed by atoms with E-state index in [1.165, 1.54) is 11.3 Å². The van der Waals surface area contributed by atoms with E-state index >= 15 is 0 Å². The maximum atomic E-state index is 13.4. The van der Waals surface area contributed by atoms with Gasteiger partial charge < -0.3 is 25.0 Å². The zero-order valence-electron chi connectivity index (χ0n) is 21.7. The fraction of sp³-hybridized carbons (Fsp3) is 0.593. The molecular formula is C27H37N5O4S. The molecule has 1 aromatic carbocycles. The van der Waals surface area contributed by atoms with Gasteiger partial charge in [-0.2, -0.15) is 0 Å². The van der Waals surface area contributed by atoms with Gasteiger partial charge in [-0.25, -0.2) is 4.98 Å². The highest BCUT2D eigenvalue weighted by molar-refractivity contribution is 7.14. The van der Waals surface area contributed by atoms with E-state index in [0.717, 1.165) is 62.7 Å². The molecule has 0 aliphatic carbocycles. The fourth-order valence-corrected chi connectivity index (χ4v) is 6.04. The second-order valence-electron chi connectivity index (χ2n) is 10.5. The van der Waals surface area contributed by atoms with E-state index in [1.54, 1.807) is 5.38 Å². The number of ether oxygens (including phenoxy) is 2. The van der Waals surface area contributed by atoms with Crippen molar-refractivity contribution in [3.8, 4) is 0 Å². The normalized spacial score (nSPS) is 23.2. The quantitative estimate of drug-likeness (QED) is 0.570. The Morgan fingerprint density at radius 1 is 1.08 bits per heavy atom. The van der Waals surface area contributed by atoms with Crippen LogP contribution in [0.4, 0.5) is 10.8 Å². The van der Waals surface area contributed by atoms with E-state index in [-0.39, 0.29) is 24.0 Å². The number of thiazole rings is 1. The lowest BCUT2D eigenvalue weighted by molar-refractivity contribution is -0.0212. The number of anilines is 2. The zero-order valence-corrected chi connectivity index (χ0v) is 22.5. The SMILES string of the molecule is C[C@H]1CCN(c2nc(C(=O)Nc3ccc(CN4CCO[C@@H](C)C4)cc3C(=O)NC3CCOCC3)cs2)C1. The molecule has 200 valence electrons. The monoisotopic (exact) mass is 527 g/mol. The summed E-state index contributed by atoms with van der Waals surface area (Å²) in [7, 11) is 0. The largest absolute Gasteiger partial charge is 0.381 e. The van der Waals surface area contributed by atoms with Crippen LogP contribution < -0.4 is 15.5 Å².